The van der Waals surface area contributed by atoms with Gasteiger partial charge in [-0.3, -0.25) is 0 Å². The molecule has 0 N–H and O–H groups in total. The second kappa shape index (κ2) is 21.8. The second-order valence-corrected chi connectivity index (χ2v) is 31.6. The molecule has 0 saturated heterocycles. The summed E-state index contributed by atoms with van der Waals surface area (Å²) in [6.07, 6.45) is 50.1. The van der Waals surface area contributed by atoms with Crippen LogP contribution in [0.15, 0.2) is 62.2 Å². The maximum absolute atomic E-state index is 2.43. The molecule has 2 aliphatic heterocycles. The number of halogens is 2. The molecule has 0 aromatic carbocycles. The van der Waals surface area contributed by atoms with E-state index in [1.165, 1.54) is 128 Å². The van der Waals surface area contributed by atoms with Crippen molar-refractivity contribution in [1.29, 1.82) is 0 Å². The Morgan fingerprint density at radius 2 is 0.860 bits per heavy atom. The fourth-order valence-corrected chi connectivity index (χ4v) is 8.74. The number of nitrogens with zero attached hydrogens (tertiary/aromatic N) is 8. The van der Waals surface area contributed by atoms with Gasteiger partial charge in [0.05, 0.1) is 0 Å². The Kier molecular flexibility index (Phi) is 17.7. The molecule has 0 bridgehead atoms. The maximum atomic E-state index is 2.43. The van der Waals surface area contributed by atoms with Gasteiger partial charge in [-0.1, -0.05) is 58.8 Å². The molecular weight excluding hydrogens is 1030 g/mol. The fourth-order valence-electron chi connectivity index (χ4n) is 8.74. The predicted molar refractivity (Wildman–Crippen MR) is 217 cm³/mol. The average molecular weight is 1090 g/mol. The first kappa shape index (κ1) is 40.4. The number of rotatable bonds is 8. The van der Waals surface area contributed by atoms with E-state index in [-0.39, 0.29) is 7.43 Å². The predicted octanol–water partition coefficient (Wildman–Crippen LogP) is 9.81. The van der Waals surface area contributed by atoms with Crippen LogP contribution in [0.1, 0.15) is 148 Å². The molecule has 0 unspecified atom stereocenters. The van der Waals surface area contributed by atoms with Gasteiger partial charge in [0.25, 0.3) is 0 Å². The normalized spacial score (nSPS) is 22.4. The molecule has 0 amide bonds. The van der Waals surface area contributed by atoms with Gasteiger partial charge in [0.15, 0.2) is 0 Å². The van der Waals surface area contributed by atoms with Crippen molar-refractivity contribution in [3.05, 3.63) is 75.6 Å². The van der Waals surface area contributed by atoms with E-state index in [0.717, 1.165) is 37.5 Å². The van der Waals surface area contributed by atoms with Gasteiger partial charge in [0.2, 0.25) is 19.3 Å². The molecule has 4 aliphatic carbocycles. The molecule has 4 saturated carbocycles. The Morgan fingerprint density at radius 1 is 0.520 bits per heavy atom. The molecule has 6 aliphatic rings. The quantitative estimate of drug-likeness (QED) is 0.150. The molecule has 11 heteroatoms. The number of hydrogen-bond donors (Lipinski definition) is 0. The minimum atomic E-state index is 0. The van der Waals surface area contributed by atoms with Crippen molar-refractivity contribution in [3.8, 4) is 0 Å². The Bertz CT molecular complexity index is 1180. The van der Waals surface area contributed by atoms with Crippen LogP contribution in [0.25, 0.3) is 0 Å². The van der Waals surface area contributed by atoms with E-state index in [4.69, 9.17) is 0 Å². The minimum absolute atomic E-state index is 0. The molecule has 0 spiro atoms. The molecule has 8 rings (SSSR count). The van der Waals surface area contributed by atoms with E-state index in [1.54, 1.807) is 0 Å². The molecule has 4 heterocycles. The monoisotopic (exact) mass is 1090 g/mol. The average Bonchev–Trinajstić information content (AvgIpc) is 4.00. The number of hydrogen-bond acceptors (Lipinski definition) is 4. The van der Waals surface area contributed by atoms with Gasteiger partial charge >= 0.3 is 49.9 Å². The smallest absolute Gasteiger partial charge is 0.234 e. The van der Waals surface area contributed by atoms with E-state index in [9.17, 15) is 0 Å². The Labute approximate surface area is 333 Å². The third kappa shape index (κ3) is 12.1. The van der Waals surface area contributed by atoms with Crippen LogP contribution >= 0.6 is 38.7 Å². The topological polar surface area (TPSA) is 30.6 Å². The van der Waals surface area contributed by atoms with Crippen molar-refractivity contribution in [2.75, 3.05) is 6.67 Å². The molecule has 4 fully saturated rings. The summed E-state index contributed by atoms with van der Waals surface area (Å²) in [6, 6.07) is 2.90. The SMILES string of the molecule is C.C1=CN(C2CCCCC2)[CH-]N1CN1C=CN(C2CCCCC2)[CH-]1.[I][Pt+2][I].c1c[n+](C[n+]2ccn(C3CCCCC3)c2)cn1C1CCCCC1. The van der Waals surface area contributed by atoms with Gasteiger partial charge in [0.1, 0.15) is 36.9 Å². The van der Waals surface area contributed by atoms with Gasteiger partial charge < -0.3 is 19.6 Å². The molecule has 8 nitrogen and oxygen atoms in total. The summed E-state index contributed by atoms with van der Waals surface area (Å²) in [6.45, 7) is 6.42. The van der Waals surface area contributed by atoms with Crippen LogP contribution in [0.2, 0.25) is 0 Å². The van der Waals surface area contributed by atoms with E-state index in [1.807, 2.05) is 0 Å². The number of imidazole rings is 2. The van der Waals surface area contributed by atoms with Crippen molar-refractivity contribution < 1.29 is 20.3 Å². The van der Waals surface area contributed by atoms with Crippen molar-refractivity contribution >= 4 is 38.7 Å². The maximum Gasteiger partial charge on any atom is 0.247 e. The van der Waals surface area contributed by atoms with Crippen LogP contribution in [-0.2, 0) is 17.9 Å². The Balaban J connectivity index is 0.000000177. The first-order valence-electron chi connectivity index (χ1n) is 19.3. The van der Waals surface area contributed by atoms with E-state index >= 15 is 0 Å². The van der Waals surface area contributed by atoms with Gasteiger partial charge in [-0.05, 0) is 102 Å². The van der Waals surface area contributed by atoms with E-state index in [0.29, 0.717) is 11.2 Å². The summed E-state index contributed by atoms with van der Waals surface area (Å²) in [4.78, 5) is 9.47. The fraction of sp³-hybridized carbons (Fsp3) is 0.692. The molecular formula is C39H64I2N8Pt+2. The molecule has 282 valence electrons. The Morgan fingerprint density at radius 3 is 1.22 bits per heavy atom. The van der Waals surface area contributed by atoms with Gasteiger partial charge in [-0.15, -0.1) is 0 Å². The van der Waals surface area contributed by atoms with Gasteiger partial charge in [-0.25, -0.2) is 9.13 Å². The molecule has 0 radical (unpaired) electrons. The summed E-state index contributed by atoms with van der Waals surface area (Å²) < 4.78 is 9.47. The molecule has 2 aromatic heterocycles. The van der Waals surface area contributed by atoms with Crippen molar-refractivity contribution in [2.45, 2.75) is 167 Å². The summed E-state index contributed by atoms with van der Waals surface area (Å²) >= 11 is 5.30. The van der Waals surface area contributed by atoms with Crippen LogP contribution in [0.3, 0.4) is 0 Å². The van der Waals surface area contributed by atoms with Crippen molar-refractivity contribution in [3.63, 3.8) is 0 Å². The zero-order valence-electron chi connectivity index (χ0n) is 29.4. The van der Waals surface area contributed by atoms with Crippen molar-refractivity contribution in [2.24, 2.45) is 0 Å². The third-order valence-corrected chi connectivity index (χ3v) is 11.5. The van der Waals surface area contributed by atoms with E-state index in [2.05, 4.69) is 152 Å². The second-order valence-electron chi connectivity index (χ2n) is 15.0. The minimum Gasteiger partial charge on any atom is -0.234 e. The summed E-state index contributed by atoms with van der Waals surface area (Å²) in [5, 5.41) is 0. The molecule has 50 heavy (non-hydrogen) atoms. The Hall–Kier alpha value is -0.752. The largest absolute Gasteiger partial charge is 0.247 e. The van der Waals surface area contributed by atoms with Crippen LogP contribution in [-0.4, -0.2) is 47.5 Å². The summed E-state index contributed by atoms with van der Waals surface area (Å²) in [5.74, 6) is 0. The standard InChI is InChI=1S/2C19H30N4.CH4.2HI.Pt/c2*1-3-7-18(8-4-1)22-13-11-20(16-22)15-21-12-14-23(17-21)19-9-5-2-6-10-19;;;;/h2*11-14,16-19H,1-10,15H2;1H4;2*1H;/q-2;+2;;;;+4/p-2. The number of aromatic nitrogens is 4. The first-order valence-corrected chi connectivity index (χ1v) is 32.2. The zero-order valence-corrected chi connectivity index (χ0v) is 36.0. The van der Waals surface area contributed by atoms with Crippen LogP contribution in [0.4, 0.5) is 0 Å². The molecule has 2 aromatic rings. The van der Waals surface area contributed by atoms with Crippen LogP contribution in [0, 0.1) is 13.3 Å². The first-order chi connectivity index (χ1) is 24.2. The van der Waals surface area contributed by atoms with Gasteiger partial charge in [-0.2, -0.15) is 22.5 Å². The molecule has 0 atom stereocenters. The van der Waals surface area contributed by atoms with Crippen LogP contribution in [0.5, 0.6) is 0 Å². The van der Waals surface area contributed by atoms with E-state index < -0.39 is 0 Å². The van der Waals surface area contributed by atoms with Crippen LogP contribution < -0.4 is 9.13 Å². The summed E-state index contributed by atoms with van der Waals surface area (Å²) in [5.41, 5.74) is 0. The third-order valence-electron chi connectivity index (χ3n) is 11.5. The summed E-state index contributed by atoms with van der Waals surface area (Å²) in [7, 11) is 0. The zero-order chi connectivity index (χ0) is 33.7. The van der Waals surface area contributed by atoms with Crippen molar-refractivity contribution in [1.82, 2.24) is 28.7 Å². The van der Waals surface area contributed by atoms with Gasteiger partial charge in [0, 0.05) is 18.8 Å².